The molecule has 1 atom stereocenters. The monoisotopic (exact) mass is 183 g/mol. The van der Waals surface area contributed by atoms with E-state index in [-0.39, 0.29) is 6.04 Å². The van der Waals surface area contributed by atoms with E-state index in [2.05, 4.69) is 17.5 Å². The summed E-state index contributed by atoms with van der Waals surface area (Å²) in [4.78, 5) is 0. The predicted molar refractivity (Wildman–Crippen MR) is 56.4 cm³/mol. The van der Waals surface area contributed by atoms with Crippen molar-refractivity contribution in [2.24, 2.45) is 0 Å². The van der Waals surface area contributed by atoms with Crippen LogP contribution in [0.5, 0.6) is 0 Å². The number of terminal acetylenes is 1. The third kappa shape index (κ3) is 2.18. The second kappa shape index (κ2) is 4.20. The molecule has 0 aliphatic heterocycles. The topological polar surface area (TPSA) is 12.0 Å². The molecule has 0 aromatic rings. The Morgan fingerprint density at radius 2 is 2.33 bits per heavy atom. The Labute approximate surface area is 79.7 Å². The molecule has 0 saturated heterocycles. The van der Waals surface area contributed by atoms with E-state index in [4.69, 9.17) is 6.42 Å². The van der Waals surface area contributed by atoms with Gasteiger partial charge in [0.1, 0.15) is 0 Å². The molecular weight excluding hydrogens is 166 g/mol. The molecule has 0 aromatic carbocycles. The summed E-state index contributed by atoms with van der Waals surface area (Å²) in [5.41, 5.74) is 0. The maximum atomic E-state index is 5.28. The Morgan fingerprint density at radius 3 is 2.67 bits per heavy atom. The van der Waals surface area contributed by atoms with Crippen LogP contribution in [0.2, 0.25) is 0 Å². The molecule has 1 saturated carbocycles. The summed E-state index contributed by atoms with van der Waals surface area (Å²) in [7, 11) is 0. The van der Waals surface area contributed by atoms with Crippen LogP contribution in [0.25, 0.3) is 0 Å². The number of hydrogen-bond acceptors (Lipinski definition) is 2. The highest BCUT2D eigenvalue weighted by Crippen LogP contribution is 2.42. The van der Waals surface area contributed by atoms with Crippen molar-refractivity contribution in [1.29, 1.82) is 0 Å². The smallest absolute Gasteiger partial charge is 0.0658 e. The van der Waals surface area contributed by atoms with Gasteiger partial charge < -0.3 is 5.32 Å². The van der Waals surface area contributed by atoms with Crippen LogP contribution in [0.3, 0.4) is 0 Å². The first kappa shape index (κ1) is 9.95. The molecule has 2 heteroatoms. The molecule has 1 N–H and O–H groups in total. The van der Waals surface area contributed by atoms with Crippen LogP contribution in [0.15, 0.2) is 0 Å². The molecule has 0 aromatic heterocycles. The van der Waals surface area contributed by atoms with Gasteiger partial charge in [-0.3, -0.25) is 0 Å². The van der Waals surface area contributed by atoms with Gasteiger partial charge in [0.05, 0.1) is 6.04 Å². The maximum Gasteiger partial charge on any atom is 0.0658 e. The minimum Gasteiger partial charge on any atom is -0.303 e. The summed E-state index contributed by atoms with van der Waals surface area (Å²) < 4.78 is 0.505. The second-order valence-corrected chi connectivity index (χ2v) is 4.78. The van der Waals surface area contributed by atoms with E-state index in [1.54, 1.807) is 0 Å². The minimum absolute atomic E-state index is 0.217. The van der Waals surface area contributed by atoms with Gasteiger partial charge in [-0.1, -0.05) is 12.3 Å². The summed E-state index contributed by atoms with van der Waals surface area (Å²) >= 11 is 1.98. The molecule has 0 bridgehead atoms. The van der Waals surface area contributed by atoms with Gasteiger partial charge in [0.2, 0.25) is 0 Å². The van der Waals surface area contributed by atoms with Crippen molar-refractivity contribution in [2.45, 2.75) is 37.0 Å². The van der Waals surface area contributed by atoms with Crippen LogP contribution in [0.4, 0.5) is 0 Å². The van der Waals surface area contributed by atoms with Crippen LogP contribution in [0.1, 0.15) is 26.2 Å². The van der Waals surface area contributed by atoms with Crippen LogP contribution in [0, 0.1) is 12.3 Å². The van der Waals surface area contributed by atoms with Gasteiger partial charge in [-0.05, 0) is 26.0 Å². The van der Waals surface area contributed by atoms with Crippen LogP contribution in [-0.4, -0.2) is 23.6 Å². The summed E-state index contributed by atoms with van der Waals surface area (Å²) in [6.07, 6.45) is 11.6. The molecule has 0 amide bonds. The van der Waals surface area contributed by atoms with Crippen molar-refractivity contribution in [2.75, 3.05) is 12.8 Å². The lowest BCUT2D eigenvalue weighted by Crippen LogP contribution is -2.45. The normalized spacial score (nSPS) is 22.4. The van der Waals surface area contributed by atoms with Gasteiger partial charge in [-0.25, -0.2) is 0 Å². The molecule has 1 nitrogen and oxygen atoms in total. The molecule has 1 aliphatic rings. The predicted octanol–water partition coefficient (Wildman–Crippen LogP) is 1.88. The van der Waals surface area contributed by atoms with Gasteiger partial charge in [0, 0.05) is 11.3 Å². The summed E-state index contributed by atoms with van der Waals surface area (Å²) in [5, 5.41) is 3.37. The largest absolute Gasteiger partial charge is 0.303 e. The first-order valence-electron chi connectivity index (χ1n) is 4.47. The zero-order chi connectivity index (χ0) is 9.03. The first-order valence-corrected chi connectivity index (χ1v) is 5.69. The Hall–Kier alpha value is -0.130. The number of rotatable bonds is 4. The van der Waals surface area contributed by atoms with Gasteiger partial charge in [-0.2, -0.15) is 11.8 Å². The molecule has 0 spiro atoms. The van der Waals surface area contributed by atoms with Gasteiger partial charge >= 0.3 is 0 Å². The molecule has 0 radical (unpaired) electrons. The van der Waals surface area contributed by atoms with E-state index in [0.29, 0.717) is 4.75 Å². The first-order chi connectivity index (χ1) is 5.72. The van der Waals surface area contributed by atoms with Crippen LogP contribution >= 0.6 is 11.8 Å². The van der Waals surface area contributed by atoms with Crippen molar-refractivity contribution >= 4 is 11.8 Å². The number of hydrogen-bond donors (Lipinski definition) is 1. The molecular formula is C10H17NS. The van der Waals surface area contributed by atoms with Crippen molar-refractivity contribution in [3.8, 4) is 12.3 Å². The number of nitrogens with one attached hydrogen (secondary N) is 1. The molecule has 1 aliphatic carbocycles. The lowest BCUT2D eigenvalue weighted by Gasteiger charge is -2.41. The quantitative estimate of drug-likeness (QED) is 0.668. The highest BCUT2D eigenvalue weighted by atomic mass is 32.2. The average molecular weight is 183 g/mol. The summed E-state index contributed by atoms with van der Waals surface area (Å²) in [6.45, 7) is 3.10. The van der Waals surface area contributed by atoms with E-state index >= 15 is 0 Å². The van der Waals surface area contributed by atoms with Crippen molar-refractivity contribution in [1.82, 2.24) is 5.32 Å². The zero-order valence-corrected chi connectivity index (χ0v) is 8.71. The molecule has 1 unspecified atom stereocenters. The summed E-state index contributed by atoms with van der Waals surface area (Å²) in [5.74, 6) is 2.69. The number of thioether (sulfide) groups is 1. The second-order valence-electron chi connectivity index (χ2n) is 3.51. The van der Waals surface area contributed by atoms with Crippen molar-refractivity contribution < 1.29 is 0 Å². The van der Waals surface area contributed by atoms with Gasteiger partial charge in [0.15, 0.2) is 0 Å². The van der Waals surface area contributed by atoms with E-state index < -0.39 is 0 Å². The standard InChI is InChI=1S/C10H17NS/c1-4-9(2)11-8-10(12-3)6-5-7-10/h1,9,11H,5-8H2,2-3H3. The molecule has 0 heterocycles. The van der Waals surface area contributed by atoms with Crippen molar-refractivity contribution in [3.05, 3.63) is 0 Å². The Bertz CT molecular complexity index is 173. The fourth-order valence-corrected chi connectivity index (χ4v) is 2.35. The Kier molecular flexibility index (Phi) is 3.49. The average Bonchev–Trinajstić information content (AvgIpc) is 2.03. The lowest BCUT2D eigenvalue weighted by molar-refractivity contribution is 0.342. The molecule has 68 valence electrons. The Balaban J connectivity index is 2.25. The lowest BCUT2D eigenvalue weighted by atomic mass is 9.84. The highest BCUT2D eigenvalue weighted by Gasteiger charge is 2.35. The van der Waals surface area contributed by atoms with E-state index in [9.17, 15) is 0 Å². The van der Waals surface area contributed by atoms with E-state index in [1.807, 2.05) is 18.7 Å². The third-order valence-electron chi connectivity index (χ3n) is 2.68. The summed E-state index contributed by atoms with van der Waals surface area (Å²) in [6, 6.07) is 0.217. The fourth-order valence-electron chi connectivity index (χ4n) is 1.42. The zero-order valence-electron chi connectivity index (χ0n) is 7.89. The van der Waals surface area contributed by atoms with E-state index in [1.165, 1.54) is 19.3 Å². The van der Waals surface area contributed by atoms with Crippen molar-refractivity contribution in [3.63, 3.8) is 0 Å². The van der Waals surface area contributed by atoms with Crippen LogP contribution < -0.4 is 5.32 Å². The molecule has 12 heavy (non-hydrogen) atoms. The van der Waals surface area contributed by atoms with E-state index in [0.717, 1.165) is 6.54 Å². The van der Waals surface area contributed by atoms with Crippen LogP contribution in [-0.2, 0) is 0 Å². The van der Waals surface area contributed by atoms with Gasteiger partial charge in [0.25, 0.3) is 0 Å². The Morgan fingerprint density at radius 1 is 1.67 bits per heavy atom. The fraction of sp³-hybridized carbons (Fsp3) is 0.800. The third-order valence-corrected chi connectivity index (χ3v) is 4.10. The molecule has 1 fully saturated rings. The minimum atomic E-state index is 0.217. The highest BCUT2D eigenvalue weighted by molar-refractivity contribution is 8.00. The molecule has 1 rings (SSSR count). The maximum absolute atomic E-state index is 5.28. The van der Waals surface area contributed by atoms with Gasteiger partial charge in [-0.15, -0.1) is 6.42 Å². The SMILES string of the molecule is C#CC(C)NCC1(SC)CCC1.